The van der Waals surface area contributed by atoms with Crippen LogP contribution in [0.25, 0.3) is 0 Å². The first-order valence-electron chi connectivity index (χ1n) is 5.05. The van der Waals surface area contributed by atoms with Crippen LogP contribution in [-0.4, -0.2) is 17.0 Å². The van der Waals surface area contributed by atoms with E-state index in [-0.39, 0.29) is 0 Å². The van der Waals surface area contributed by atoms with Gasteiger partial charge >= 0.3 is 6.09 Å². The number of carbonyl (C=O) groups excluding carboxylic acids is 1. The molecule has 0 spiro atoms. The number of hydrogen-bond donors (Lipinski definition) is 1. The number of nitrogens with zero attached hydrogens (tertiary/aromatic N) is 1. The van der Waals surface area contributed by atoms with Gasteiger partial charge in [0, 0.05) is 0 Å². The fourth-order valence-corrected chi connectivity index (χ4v) is 1.20. The third kappa shape index (κ3) is 4.33. The first kappa shape index (κ1) is 13.3. The smallest absolute Gasteiger partial charge is 0.410 e. The third-order valence-corrected chi connectivity index (χ3v) is 2.25. The minimum absolute atomic E-state index is 0.411. The summed E-state index contributed by atoms with van der Waals surface area (Å²) in [6.45, 7) is 3.29. The SMILES string of the molecule is CC(C)(Cl)C(C#N)NC(=O)Oc1ccccc1. The van der Waals surface area contributed by atoms with E-state index in [0.717, 1.165) is 0 Å². The molecule has 1 rings (SSSR count). The van der Waals surface area contributed by atoms with Crippen molar-refractivity contribution in [2.45, 2.75) is 24.8 Å². The maximum absolute atomic E-state index is 11.5. The van der Waals surface area contributed by atoms with E-state index in [1.54, 1.807) is 38.1 Å². The first-order valence-corrected chi connectivity index (χ1v) is 5.43. The van der Waals surface area contributed by atoms with Crippen molar-refractivity contribution < 1.29 is 9.53 Å². The Morgan fingerprint density at radius 1 is 1.47 bits per heavy atom. The maximum atomic E-state index is 11.5. The van der Waals surface area contributed by atoms with Crippen LogP contribution in [0.2, 0.25) is 0 Å². The van der Waals surface area contributed by atoms with Crippen LogP contribution in [-0.2, 0) is 0 Å². The number of nitriles is 1. The molecular formula is C12H13ClN2O2. The molecule has 1 aromatic rings. The van der Waals surface area contributed by atoms with E-state index in [4.69, 9.17) is 21.6 Å². The second-order valence-corrected chi connectivity index (χ2v) is 4.95. The van der Waals surface area contributed by atoms with Crippen molar-refractivity contribution in [3.05, 3.63) is 30.3 Å². The second kappa shape index (κ2) is 5.55. The summed E-state index contributed by atoms with van der Waals surface area (Å²) in [7, 11) is 0. The van der Waals surface area contributed by atoms with Crippen LogP contribution in [0.4, 0.5) is 4.79 Å². The first-order chi connectivity index (χ1) is 7.93. The summed E-state index contributed by atoms with van der Waals surface area (Å²) in [6.07, 6.45) is -0.698. The van der Waals surface area contributed by atoms with Gasteiger partial charge in [-0.25, -0.2) is 4.79 Å². The van der Waals surface area contributed by atoms with E-state index >= 15 is 0 Å². The Labute approximate surface area is 105 Å². The van der Waals surface area contributed by atoms with Crippen molar-refractivity contribution in [3.63, 3.8) is 0 Å². The highest BCUT2D eigenvalue weighted by Gasteiger charge is 2.29. The Hall–Kier alpha value is -1.73. The van der Waals surface area contributed by atoms with Crippen LogP contribution in [0.1, 0.15) is 13.8 Å². The van der Waals surface area contributed by atoms with Crippen LogP contribution >= 0.6 is 11.6 Å². The van der Waals surface area contributed by atoms with Gasteiger partial charge in [-0.05, 0) is 26.0 Å². The van der Waals surface area contributed by atoms with Crippen LogP contribution in [0.5, 0.6) is 5.75 Å². The monoisotopic (exact) mass is 252 g/mol. The highest BCUT2D eigenvalue weighted by molar-refractivity contribution is 6.24. The number of ether oxygens (including phenoxy) is 1. The summed E-state index contributed by atoms with van der Waals surface area (Å²) in [6, 6.07) is 9.69. The average molecular weight is 253 g/mol. The molecule has 0 saturated carbocycles. The van der Waals surface area contributed by atoms with E-state index < -0.39 is 17.0 Å². The van der Waals surface area contributed by atoms with Crippen LogP contribution in [0.15, 0.2) is 30.3 Å². The summed E-state index contributed by atoms with van der Waals surface area (Å²) < 4.78 is 4.98. The quantitative estimate of drug-likeness (QED) is 0.842. The molecule has 0 saturated heterocycles. The highest BCUT2D eigenvalue weighted by Crippen LogP contribution is 2.18. The average Bonchev–Trinajstić information content (AvgIpc) is 2.25. The zero-order chi connectivity index (χ0) is 12.9. The van der Waals surface area contributed by atoms with E-state index in [2.05, 4.69) is 5.32 Å². The topological polar surface area (TPSA) is 62.1 Å². The highest BCUT2D eigenvalue weighted by atomic mass is 35.5. The van der Waals surface area contributed by atoms with Gasteiger partial charge in [0.15, 0.2) is 0 Å². The lowest BCUT2D eigenvalue weighted by Gasteiger charge is -2.22. The predicted molar refractivity (Wildman–Crippen MR) is 64.9 cm³/mol. The van der Waals surface area contributed by atoms with Crippen LogP contribution < -0.4 is 10.1 Å². The number of nitrogens with one attached hydrogen (secondary N) is 1. The Morgan fingerprint density at radius 2 is 2.06 bits per heavy atom. The number of halogens is 1. The number of benzene rings is 1. The van der Waals surface area contributed by atoms with Crippen molar-refractivity contribution in [1.82, 2.24) is 5.32 Å². The number of rotatable bonds is 3. The molecule has 90 valence electrons. The second-order valence-electron chi connectivity index (χ2n) is 3.97. The van der Waals surface area contributed by atoms with Crippen LogP contribution in [0, 0.1) is 11.3 Å². The van der Waals surface area contributed by atoms with E-state index in [1.165, 1.54) is 0 Å². The lowest BCUT2D eigenvalue weighted by Crippen LogP contribution is -2.46. The molecule has 1 amide bonds. The molecule has 0 fully saturated rings. The molecule has 0 radical (unpaired) electrons. The normalized spacial score (nSPS) is 12.4. The van der Waals surface area contributed by atoms with Gasteiger partial charge in [-0.2, -0.15) is 5.26 Å². The standard InChI is InChI=1S/C12H13ClN2O2/c1-12(2,13)10(8-14)15-11(16)17-9-6-4-3-5-7-9/h3-7,10H,1-2H3,(H,15,16). The van der Waals surface area contributed by atoms with Gasteiger partial charge < -0.3 is 10.1 Å². The molecule has 17 heavy (non-hydrogen) atoms. The molecule has 4 nitrogen and oxygen atoms in total. The molecule has 0 aliphatic heterocycles. The third-order valence-electron chi connectivity index (χ3n) is 2.03. The molecule has 1 N–H and O–H groups in total. The molecule has 0 heterocycles. The zero-order valence-electron chi connectivity index (χ0n) is 9.61. The maximum Gasteiger partial charge on any atom is 0.413 e. The summed E-state index contributed by atoms with van der Waals surface area (Å²) in [5.41, 5.74) is 0. The molecule has 1 unspecified atom stereocenters. The number of hydrogen-bond acceptors (Lipinski definition) is 3. The minimum atomic E-state index is -0.857. The largest absolute Gasteiger partial charge is 0.413 e. The van der Waals surface area contributed by atoms with Crippen LogP contribution in [0.3, 0.4) is 0 Å². The fraction of sp³-hybridized carbons (Fsp3) is 0.333. The van der Waals surface area contributed by atoms with Crippen molar-refractivity contribution in [3.8, 4) is 11.8 Å². The van der Waals surface area contributed by atoms with E-state index in [9.17, 15) is 4.79 Å². The predicted octanol–water partition coefficient (Wildman–Crippen LogP) is 2.68. The van der Waals surface area contributed by atoms with Gasteiger partial charge in [-0.3, -0.25) is 0 Å². The Kier molecular flexibility index (Phi) is 4.36. The molecule has 0 aromatic heterocycles. The lowest BCUT2D eigenvalue weighted by atomic mass is 10.1. The lowest BCUT2D eigenvalue weighted by molar-refractivity contribution is 0.196. The Morgan fingerprint density at radius 3 is 2.53 bits per heavy atom. The zero-order valence-corrected chi connectivity index (χ0v) is 10.4. The summed E-state index contributed by atoms with van der Waals surface area (Å²) in [5, 5.41) is 11.3. The van der Waals surface area contributed by atoms with Crippen molar-refractivity contribution >= 4 is 17.7 Å². The van der Waals surface area contributed by atoms with E-state index in [0.29, 0.717) is 5.75 Å². The van der Waals surface area contributed by atoms with Crippen molar-refractivity contribution in [1.29, 1.82) is 5.26 Å². The van der Waals surface area contributed by atoms with Gasteiger partial charge in [-0.1, -0.05) is 18.2 Å². The number of amides is 1. The van der Waals surface area contributed by atoms with Crippen molar-refractivity contribution in [2.24, 2.45) is 0 Å². The molecule has 0 aliphatic rings. The number of alkyl halides is 1. The summed E-state index contributed by atoms with van der Waals surface area (Å²) >= 11 is 5.95. The fourth-order valence-electron chi connectivity index (χ4n) is 1.10. The molecular weight excluding hydrogens is 240 g/mol. The molecule has 1 atom stereocenters. The molecule has 5 heteroatoms. The van der Waals surface area contributed by atoms with Gasteiger partial charge in [0.2, 0.25) is 0 Å². The van der Waals surface area contributed by atoms with E-state index in [1.807, 2.05) is 12.1 Å². The summed E-state index contributed by atoms with van der Waals surface area (Å²) in [5.74, 6) is 0.411. The summed E-state index contributed by atoms with van der Waals surface area (Å²) in [4.78, 5) is 10.6. The Balaban J connectivity index is 2.59. The van der Waals surface area contributed by atoms with Gasteiger partial charge in [-0.15, -0.1) is 11.6 Å². The number of carbonyl (C=O) groups is 1. The minimum Gasteiger partial charge on any atom is -0.410 e. The van der Waals surface area contributed by atoms with Gasteiger partial charge in [0.05, 0.1) is 10.9 Å². The molecule has 1 aromatic carbocycles. The molecule has 0 bridgehead atoms. The molecule has 0 aliphatic carbocycles. The number of para-hydroxylation sites is 1. The van der Waals surface area contributed by atoms with Gasteiger partial charge in [0.1, 0.15) is 11.8 Å². The van der Waals surface area contributed by atoms with Gasteiger partial charge in [0.25, 0.3) is 0 Å². The Bertz CT molecular complexity index is 420. The van der Waals surface area contributed by atoms with Crippen molar-refractivity contribution in [2.75, 3.05) is 0 Å².